The minimum atomic E-state index is -0.115. The smallest absolute Gasteiger partial charge is 0.0865 e. The fourth-order valence-corrected chi connectivity index (χ4v) is 1.29. The quantitative estimate of drug-likeness (QED) is 0.558. The summed E-state index contributed by atoms with van der Waals surface area (Å²) in [4.78, 5) is 0. The highest BCUT2D eigenvalue weighted by molar-refractivity contribution is 4.82. The Labute approximate surface area is 75.2 Å². The number of hydrogen-bond acceptors (Lipinski definition) is 2. The monoisotopic (exact) mass is 172 g/mol. The number of rotatable bonds is 0. The lowest BCUT2D eigenvalue weighted by Gasteiger charge is -2.41. The van der Waals surface area contributed by atoms with Gasteiger partial charge in [0.2, 0.25) is 0 Å². The van der Waals surface area contributed by atoms with E-state index in [0.29, 0.717) is 6.61 Å². The molecule has 1 saturated heterocycles. The number of hydrogen-bond donors (Lipinski definition) is 0. The van der Waals surface area contributed by atoms with Crippen LogP contribution in [0.4, 0.5) is 0 Å². The molecule has 0 aromatic rings. The van der Waals surface area contributed by atoms with Crippen molar-refractivity contribution in [3.63, 3.8) is 0 Å². The van der Waals surface area contributed by atoms with Gasteiger partial charge < -0.3 is 9.47 Å². The average molecular weight is 172 g/mol. The molecule has 0 amide bonds. The molecule has 72 valence electrons. The molecule has 1 aliphatic rings. The fraction of sp³-hybridized carbons (Fsp3) is 1.00. The topological polar surface area (TPSA) is 18.5 Å². The van der Waals surface area contributed by atoms with Gasteiger partial charge in [0.25, 0.3) is 0 Å². The second-order valence-electron chi connectivity index (χ2n) is 5.25. The molecule has 1 aliphatic heterocycles. The van der Waals surface area contributed by atoms with Gasteiger partial charge in [-0.25, -0.2) is 0 Å². The molecular weight excluding hydrogens is 152 g/mol. The van der Waals surface area contributed by atoms with Gasteiger partial charge in [-0.2, -0.15) is 0 Å². The summed E-state index contributed by atoms with van der Waals surface area (Å²) in [6.07, 6.45) is 0.223. The largest absolute Gasteiger partial charge is 0.376 e. The van der Waals surface area contributed by atoms with Crippen LogP contribution >= 0.6 is 0 Å². The lowest BCUT2D eigenvalue weighted by Crippen LogP contribution is -2.48. The fourth-order valence-electron chi connectivity index (χ4n) is 1.29. The minimum absolute atomic E-state index is 0.115. The molecule has 0 radical (unpaired) electrons. The van der Waals surface area contributed by atoms with E-state index < -0.39 is 0 Å². The summed E-state index contributed by atoms with van der Waals surface area (Å²) in [5.74, 6) is 0. The van der Waals surface area contributed by atoms with Crippen LogP contribution < -0.4 is 0 Å². The summed E-state index contributed by atoms with van der Waals surface area (Å²) in [7, 11) is 0. The van der Waals surface area contributed by atoms with Gasteiger partial charge in [-0.05, 0) is 19.3 Å². The van der Waals surface area contributed by atoms with Crippen LogP contribution in [-0.4, -0.2) is 24.9 Å². The Morgan fingerprint density at radius 1 is 1.25 bits per heavy atom. The molecule has 0 aromatic carbocycles. The summed E-state index contributed by atoms with van der Waals surface area (Å²) in [5, 5.41) is 0. The van der Waals surface area contributed by atoms with Gasteiger partial charge in [-0.15, -0.1) is 0 Å². The molecule has 2 heteroatoms. The van der Waals surface area contributed by atoms with Crippen molar-refractivity contribution in [1.82, 2.24) is 0 Å². The summed E-state index contributed by atoms with van der Waals surface area (Å²) < 4.78 is 11.4. The average Bonchev–Trinajstić information content (AvgIpc) is 1.83. The zero-order valence-corrected chi connectivity index (χ0v) is 8.81. The van der Waals surface area contributed by atoms with E-state index in [-0.39, 0.29) is 17.1 Å². The van der Waals surface area contributed by atoms with E-state index in [0.717, 1.165) is 6.61 Å². The lowest BCUT2D eigenvalue weighted by molar-refractivity contribution is -0.210. The standard InChI is InChI=1S/C10H20O2/c1-9(2,3)8-6-11-7-10(4,5)12-8/h8H,6-7H2,1-5H3. The third-order valence-corrected chi connectivity index (χ3v) is 2.15. The van der Waals surface area contributed by atoms with Crippen molar-refractivity contribution in [2.24, 2.45) is 5.41 Å². The lowest BCUT2D eigenvalue weighted by atomic mass is 9.88. The van der Waals surface area contributed by atoms with Crippen LogP contribution in [0, 0.1) is 5.41 Å². The van der Waals surface area contributed by atoms with Gasteiger partial charge in [0, 0.05) is 0 Å². The van der Waals surface area contributed by atoms with Crippen molar-refractivity contribution in [2.45, 2.75) is 46.3 Å². The molecule has 0 spiro atoms. The van der Waals surface area contributed by atoms with Gasteiger partial charge in [0.05, 0.1) is 24.9 Å². The first-order valence-electron chi connectivity index (χ1n) is 4.57. The minimum Gasteiger partial charge on any atom is -0.376 e. The zero-order valence-electron chi connectivity index (χ0n) is 8.81. The van der Waals surface area contributed by atoms with Gasteiger partial charge in [-0.3, -0.25) is 0 Å². The van der Waals surface area contributed by atoms with Gasteiger partial charge in [0.1, 0.15) is 0 Å². The van der Waals surface area contributed by atoms with Crippen molar-refractivity contribution in [2.75, 3.05) is 13.2 Å². The highest BCUT2D eigenvalue weighted by atomic mass is 16.6. The maximum Gasteiger partial charge on any atom is 0.0865 e. The van der Waals surface area contributed by atoms with E-state index in [9.17, 15) is 0 Å². The molecule has 2 nitrogen and oxygen atoms in total. The molecule has 0 bridgehead atoms. The molecule has 1 unspecified atom stereocenters. The molecule has 0 aliphatic carbocycles. The van der Waals surface area contributed by atoms with Crippen LogP contribution in [0.15, 0.2) is 0 Å². The SMILES string of the molecule is CC1(C)COCC(C(C)(C)C)O1. The molecule has 0 aromatic heterocycles. The van der Waals surface area contributed by atoms with Gasteiger partial charge >= 0.3 is 0 Å². The second kappa shape index (κ2) is 3.00. The molecule has 1 rings (SSSR count). The molecule has 1 fully saturated rings. The first-order valence-corrected chi connectivity index (χ1v) is 4.57. The molecule has 0 saturated carbocycles. The van der Waals surface area contributed by atoms with Crippen LogP contribution in [0.5, 0.6) is 0 Å². The molecule has 12 heavy (non-hydrogen) atoms. The molecule has 0 N–H and O–H groups in total. The summed E-state index contributed by atoms with van der Waals surface area (Å²) in [5.41, 5.74) is 0.0634. The molecular formula is C10H20O2. The van der Waals surface area contributed by atoms with Crippen molar-refractivity contribution in [3.8, 4) is 0 Å². The highest BCUT2D eigenvalue weighted by Gasteiger charge is 2.35. The van der Waals surface area contributed by atoms with Crippen molar-refractivity contribution >= 4 is 0 Å². The maximum absolute atomic E-state index is 5.91. The Hall–Kier alpha value is -0.0800. The summed E-state index contributed by atoms with van der Waals surface area (Å²) in [6.45, 7) is 12.1. The third kappa shape index (κ3) is 2.46. The molecule has 1 heterocycles. The Morgan fingerprint density at radius 3 is 2.17 bits per heavy atom. The first kappa shape index (κ1) is 10.0. The highest BCUT2D eigenvalue weighted by Crippen LogP contribution is 2.30. The van der Waals surface area contributed by atoms with Crippen molar-refractivity contribution in [1.29, 1.82) is 0 Å². The molecule has 1 atom stereocenters. The van der Waals surface area contributed by atoms with Crippen LogP contribution in [0.2, 0.25) is 0 Å². The summed E-state index contributed by atoms with van der Waals surface area (Å²) in [6, 6.07) is 0. The van der Waals surface area contributed by atoms with E-state index in [1.165, 1.54) is 0 Å². The first-order chi connectivity index (χ1) is 5.31. The predicted octanol–water partition coefficient (Wildman–Crippen LogP) is 2.23. The van der Waals surface area contributed by atoms with Crippen LogP contribution in [-0.2, 0) is 9.47 Å². The third-order valence-electron chi connectivity index (χ3n) is 2.15. The van der Waals surface area contributed by atoms with E-state index >= 15 is 0 Å². The van der Waals surface area contributed by atoms with Gasteiger partial charge in [-0.1, -0.05) is 20.8 Å². The van der Waals surface area contributed by atoms with E-state index in [1.54, 1.807) is 0 Å². The Balaban J connectivity index is 2.58. The predicted molar refractivity (Wildman–Crippen MR) is 49.2 cm³/mol. The zero-order chi connectivity index (χ0) is 9.41. The van der Waals surface area contributed by atoms with Crippen molar-refractivity contribution in [3.05, 3.63) is 0 Å². The van der Waals surface area contributed by atoms with E-state index in [4.69, 9.17) is 9.47 Å². The maximum atomic E-state index is 5.91. The van der Waals surface area contributed by atoms with Crippen LogP contribution in [0.3, 0.4) is 0 Å². The van der Waals surface area contributed by atoms with E-state index in [1.807, 2.05) is 0 Å². The number of ether oxygens (including phenoxy) is 2. The Bertz CT molecular complexity index is 152. The van der Waals surface area contributed by atoms with E-state index in [2.05, 4.69) is 34.6 Å². The second-order valence-corrected chi connectivity index (χ2v) is 5.25. The normalized spacial score (nSPS) is 30.2. The summed E-state index contributed by atoms with van der Waals surface area (Å²) >= 11 is 0. The Morgan fingerprint density at radius 2 is 1.83 bits per heavy atom. The van der Waals surface area contributed by atoms with Crippen LogP contribution in [0.1, 0.15) is 34.6 Å². The van der Waals surface area contributed by atoms with Gasteiger partial charge in [0.15, 0.2) is 0 Å². The van der Waals surface area contributed by atoms with Crippen molar-refractivity contribution < 1.29 is 9.47 Å². The van der Waals surface area contributed by atoms with Crippen LogP contribution in [0.25, 0.3) is 0 Å². The Kier molecular flexibility index (Phi) is 2.50.